The maximum Gasteiger partial charge on any atom is 0.407 e. The average molecular weight is 561 g/mol. The second kappa shape index (κ2) is 12.2. The Morgan fingerprint density at radius 3 is 2.44 bits per heavy atom. The lowest BCUT2D eigenvalue weighted by molar-refractivity contribution is -0.121. The number of nitrogens with one attached hydrogen (secondary N) is 3. The quantitative estimate of drug-likeness (QED) is 0.361. The Balaban J connectivity index is 1.69. The molecule has 0 saturated carbocycles. The number of benzene rings is 1. The van der Waals surface area contributed by atoms with Crippen molar-refractivity contribution in [3.63, 3.8) is 0 Å². The van der Waals surface area contributed by atoms with E-state index in [9.17, 15) is 19.2 Å². The van der Waals surface area contributed by atoms with Crippen LogP contribution in [0.2, 0.25) is 5.02 Å². The Bertz CT molecular complexity index is 1460. The van der Waals surface area contributed by atoms with Gasteiger partial charge in [0.2, 0.25) is 5.91 Å². The topological polar surface area (TPSA) is 149 Å². The van der Waals surface area contributed by atoms with E-state index in [1.807, 2.05) is 20.8 Å². The van der Waals surface area contributed by atoms with Gasteiger partial charge in [0.05, 0.1) is 12.2 Å². The van der Waals surface area contributed by atoms with Gasteiger partial charge in [0.1, 0.15) is 18.9 Å². The van der Waals surface area contributed by atoms with E-state index in [0.29, 0.717) is 33.3 Å². The van der Waals surface area contributed by atoms with Crippen LogP contribution in [0.1, 0.15) is 54.6 Å². The summed E-state index contributed by atoms with van der Waals surface area (Å²) in [7, 11) is 0. The molecule has 13 heteroatoms. The van der Waals surface area contributed by atoms with Crippen LogP contribution in [0.25, 0.3) is 0 Å². The highest BCUT2D eigenvalue weighted by molar-refractivity contribution is 6.30. The fraction of sp³-hybridized carbons (Fsp3) is 0.423. The summed E-state index contributed by atoms with van der Waals surface area (Å²) in [5, 5.41) is 9.78. The van der Waals surface area contributed by atoms with Crippen molar-refractivity contribution in [1.82, 2.24) is 25.0 Å². The highest BCUT2D eigenvalue weighted by Crippen LogP contribution is 2.17. The molecule has 39 heavy (non-hydrogen) atoms. The SMILES string of the molecule is Cc1noc(C)c1CNn1c(=O)cc(C)n(CC(=O)NCc2cc(Cl)ccc2COC(=O)NC(C)(C)C)c1=O. The first-order valence-electron chi connectivity index (χ1n) is 12.2. The van der Waals surface area contributed by atoms with Gasteiger partial charge in [-0.15, -0.1) is 0 Å². The van der Waals surface area contributed by atoms with Crippen molar-refractivity contribution in [2.24, 2.45) is 0 Å². The van der Waals surface area contributed by atoms with Crippen LogP contribution in [-0.4, -0.2) is 31.9 Å². The second-order valence-electron chi connectivity index (χ2n) is 10.1. The van der Waals surface area contributed by atoms with Gasteiger partial charge in [0, 0.05) is 34.4 Å². The molecule has 0 spiro atoms. The van der Waals surface area contributed by atoms with Gasteiger partial charge in [-0.3, -0.25) is 14.2 Å². The van der Waals surface area contributed by atoms with Crippen molar-refractivity contribution in [3.05, 3.63) is 84.0 Å². The number of halogens is 1. The monoisotopic (exact) mass is 560 g/mol. The molecule has 1 aromatic carbocycles. The molecule has 0 aliphatic heterocycles. The number of carbonyl (C=O) groups is 2. The maximum absolute atomic E-state index is 13.1. The van der Waals surface area contributed by atoms with E-state index >= 15 is 0 Å². The zero-order valence-corrected chi connectivity index (χ0v) is 23.6. The van der Waals surface area contributed by atoms with Crippen LogP contribution in [0.15, 0.2) is 38.4 Å². The molecule has 0 saturated heterocycles. The molecule has 3 aromatic rings. The number of carbonyl (C=O) groups excluding carboxylic acids is 2. The smallest absolute Gasteiger partial charge is 0.407 e. The Labute approximate surface area is 230 Å². The van der Waals surface area contributed by atoms with Gasteiger partial charge in [0.15, 0.2) is 0 Å². The van der Waals surface area contributed by atoms with Gasteiger partial charge in [0.25, 0.3) is 5.56 Å². The number of aromatic nitrogens is 3. The van der Waals surface area contributed by atoms with Crippen molar-refractivity contribution in [2.75, 3.05) is 5.43 Å². The average Bonchev–Trinajstić information content (AvgIpc) is 3.15. The minimum atomic E-state index is -0.691. The molecule has 0 bridgehead atoms. The number of amides is 2. The first-order chi connectivity index (χ1) is 18.2. The van der Waals surface area contributed by atoms with Gasteiger partial charge in [-0.1, -0.05) is 22.8 Å². The van der Waals surface area contributed by atoms with Gasteiger partial charge in [-0.25, -0.2) is 9.59 Å². The summed E-state index contributed by atoms with van der Waals surface area (Å²) < 4.78 is 12.5. The molecule has 0 aliphatic carbocycles. The third-order valence-electron chi connectivity index (χ3n) is 5.78. The molecule has 2 heterocycles. The van der Waals surface area contributed by atoms with Gasteiger partial charge >= 0.3 is 11.8 Å². The van der Waals surface area contributed by atoms with Crippen LogP contribution in [0, 0.1) is 20.8 Å². The van der Waals surface area contributed by atoms with Crippen LogP contribution in [0.4, 0.5) is 4.79 Å². The first kappa shape index (κ1) is 29.5. The molecule has 0 atom stereocenters. The number of hydrogen-bond donors (Lipinski definition) is 3. The highest BCUT2D eigenvalue weighted by atomic mass is 35.5. The molecule has 3 N–H and O–H groups in total. The molecule has 210 valence electrons. The Morgan fingerprint density at radius 2 is 1.79 bits per heavy atom. The number of aryl methyl sites for hydroxylation is 3. The van der Waals surface area contributed by atoms with Gasteiger partial charge in [-0.05, 0) is 64.8 Å². The molecule has 2 aromatic heterocycles. The van der Waals surface area contributed by atoms with E-state index in [-0.39, 0.29) is 26.2 Å². The predicted molar refractivity (Wildman–Crippen MR) is 145 cm³/mol. The predicted octanol–water partition coefficient (Wildman–Crippen LogP) is 2.66. The Hall–Kier alpha value is -4.06. The van der Waals surface area contributed by atoms with Crippen molar-refractivity contribution in [1.29, 1.82) is 0 Å². The van der Waals surface area contributed by atoms with Crippen LogP contribution >= 0.6 is 11.6 Å². The molecule has 0 aliphatic rings. The zero-order valence-electron chi connectivity index (χ0n) is 22.8. The van der Waals surface area contributed by atoms with Crippen LogP contribution in [-0.2, 0) is 35.8 Å². The first-order valence-corrected chi connectivity index (χ1v) is 12.6. The van der Waals surface area contributed by atoms with E-state index in [1.54, 1.807) is 39.0 Å². The molecular weight excluding hydrogens is 528 g/mol. The zero-order chi connectivity index (χ0) is 28.9. The molecule has 0 radical (unpaired) electrons. The minimum Gasteiger partial charge on any atom is -0.445 e. The molecule has 0 fully saturated rings. The largest absolute Gasteiger partial charge is 0.445 e. The van der Waals surface area contributed by atoms with Crippen LogP contribution in [0.5, 0.6) is 0 Å². The number of alkyl carbamates (subject to hydrolysis) is 1. The molecule has 12 nitrogen and oxygen atoms in total. The standard InChI is InChI=1S/C26H33ClN6O6/c1-15-9-23(35)33(29-12-21-16(2)31-39-17(21)3)25(37)32(15)13-22(34)28-11-19-10-20(27)8-7-18(19)14-38-24(36)30-26(4,5)6/h7-10,29H,11-14H2,1-6H3,(H,28,34)(H,30,36). The summed E-state index contributed by atoms with van der Waals surface area (Å²) in [4.78, 5) is 50.4. The summed E-state index contributed by atoms with van der Waals surface area (Å²) in [6.07, 6.45) is -0.569. The summed E-state index contributed by atoms with van der Waals surface area (Å²) in [5.41, 5.74) is 4.10. The number of ether oxygens (including phenoxy) is 1. The number of hydrogen-bond acceptors (Lipinski definition) is 8. The summed E-state index contributed by atoms with van der Waals surface area (Å²) >= 11 is 6.14. The lowest BCUT2D eigenvalue weighted by Gasteiger charge is -2.20. The van der Waals surface area contributed by atoms with Crippen molar-refractivity contribution in [3.8, 4) is 0 Å². The van der Waals surface area contributed by atoms with E-state index in [2.05, 4.69) is 21.2 Å². The summed E-state index contributed by atoms with van der Waals surface area (Å²) in [6.45, 7) is 10.5. The van der Waals surface area contributed by atoms with Crippen molar-refractivity contribution >= 4 is 23.6 Å². The fourth-order valence-electron chi connectivity index (χ4n) is 3.72. The lowest BCUT2D eigenvalue weighted by atomic mass is 10.1. The molecular formula is C26H33ClN6O6. The van der Waals surface area contributed by atoms with E-state index in [0.717, 1.165) is 10.2 Å². The van der Waals surface area contributed by atoms with E-state index in [1.165, 1.54) is 10.6 Å². The fourth-order valence-corrected chi connectivity index (χ4v) is 3.91. The molecule has 0 unspecified atom stereocenters. The number of nitrogens with zero attached hydrogens (tertiary/aromatic N) is 3. The maximum atomic E-state index is 13.1. The van der Waals surface area contributed by atoms with Crippen LogP contribution in [0.3, 0.4) is 0 Å². The third kappa shape index (κ3) is 7.96. The van der Waals surface area contributed by atoms with E-state index in [4.69, 9.17) is 20.9 Å². The summed E-state index contributed by atoms with van der Waals surface area (Å²) in [6, 6.07) is 6.31. The van der Waals surface area contributed by atoms with Crippen molar-refractivity contribution < 1.29 is 18.8 Å². The Morgan fingerprint density at radius 1 is 1.08 bits per heavy atom. The molecule has 3 rings (SSSR count). The normalized spacial score (nSPS) is 11.3. The Kier molecular flexibility index (Phi) is 9.23. The lowest BCUT2D eigenvalue weighted by Crippen LogP contribution is -2.46. The number of rotatable bonds is 9. The van der Waals surface area contributed by atoms with Crippen LogP contribution < -0.4 is 27.3 Å². The third-order valence-corrected chi connectivity index (χ3v) is 6.01. The second-order valence-corrected chi connectivity index (χ2v) is 10.5. The molecule has 2 amide bonds. The minimum absolute atomic E-state index is 0.0232. The highest BCUT2D eigenvalue weighted by Gasteiger charge is 2.17. The van der Waals surface area contributed by atoms with Crippen molar-refractivity contribution in [2.45, 2.75) is 73.3 Å². The van der Waals surface area contributed by atoms with Gasteiger partial charge in [-0.2, -0.15) is 4.68 Å². The summed E-state index contributed by atoms with van der Waals surface area (Å²) in [5.74, 6) is 0.105. The van der Waals surface area contributed by atoms with E-state index < -0.39 is 28.8 Å². The van der Waals surface area contributed by atoms with Gasteiger partial charge < -0.3 is 25.3 Å².